The summed E-state index contributed by atoms with van der Waals surface area (Å²) in [4.78, 5) is 31.7. The Morgan fingerprint density at radius 2 is 2.07 bits per heavy atom. The molecule has 0 bridgehead atoms. The first-order valence-electron chi connectivity index (χ1n) is 9.81. The monoisotopic (exact) mass is 416 g/mol. The number of aromatic nitrogens is 1. The van der Waals surface area contributed by atoms with Crippen LogP contribution in [0.15, 0.2) is 35.7 Å². The number of carbonyl (C=O) groups excluding carboxylic acids is 2. The first-order chi connectivity index (χ1) is 14.0. The Bertz CT molecular complexity index is 824. The third kappa shape index (κ3) is 5.62. The van der Waals surface area contributed by atoms with E-state index in [9.17, 15) is 9.59 Å². The average Bonchev–Trinajstić information content (AvgIpc) is 3.21. The third-order valence-electron chi connectivity index (χ3n) is 4.98. The van der Waals surface area contributed by atoms with Crippen LogP contribution in [0.2, 0.25) is 0 Å². The molecule has 0 spiro atoms. The number of thiazole rings is 1. The molecule has 1 aromatic carbocycles. The first-order valence-corrected chi connectivity index (χ1v) is 10.7. The molecule has 2 N–H and O–H groups in total. The number of hydrogen-bond donors (Lipinski definition) is 2. The van der Waals surface area contributed by atoms with Gasteiger partial charge in [0.2, 0.25) is 5.91 Å². The maximum absolute atomic E-state index is 12.8. The van der Waals surface area contributed by atoms with Crippen molar-refractivity contribution in [1.29, 1.82) is 0 Å². The number of likely N-dealkylation sites (N-methyl/N-ethyl adjacent to an activating group) is 1. The van der Waals surface area contributed by atoms with E-state index < -0.39 is 0 Å². The number of hydrogen-bond acceptors (Lipinski definition) is 6. The van der Waals surface area contributed by atoms with Gasteiger partial charge in [-0.3, -0.25) is 14.5 Å². The van der Waals surface area contributed by atoms with Crippen LogP contribution >= 0.6 is 11.3 Å². The molecule has 1 fully saturated rings. The molecule has 0 saturated carbocycles. The Labute approximate surface area is 175 Å². The van der Waals surface area contributed by atoms with E-state index in [-0.39, 0.29) is 29.8 Å². The van der Waals surface area contributed by atoms with Crippen molar-refractivity contribution in [2.45, 2.75) is 32.5 Å². The van der Waals surface area contributed by atoms with E-state index in [0.717, 1.165) is 17.1 Å². The highest BCUT2D eigenvalue weighted by atomic mass is 32.1. The SMILES string of the molecule is CC(C)[C@@H](NC(=O)[C@H]1COCCN1C)c1nc(C(=O)NCc2ccccc2)cs1. The van der Waals surface area contributed by atoms with Crippen molar-refractivity contribution in [2.75, 3.05) is 26.8 Å². The molecule has 1 saturated heterocycles. The summed E-state index contributed by atoms with van der Waals surface area (Å²) >= 11 is 1.39. The van der Waals surface area contributed by atoms with Crippen LogP contribution < -0.4 is 10.6 Å². The summed E-state index contributed by atoms with van der Waals surface area (Å²) in [5.41, 5.74) is 1.40. The second-order valence-corrected chi connectivity index (χ2v) is 8.43. The van der Waals surface area contributed by atoms with E-state index >= 15 is 0 Å². The van der Waals surface area contributed by atoms with E-state index in [1.165, 1.54) is 11.3 Å². The normalized spacial score (nSPS) is 18.4. The van der Waals surface area contributed by atoms with Gasteiger partial charge in [0.05, 0.1) is 19.3 Å². The zero-order valence-electron chi connectivity index (χ0n) is 17.1. The van der Waals surface area contributed by atoms with Gasteiger partial charge in [0.15, 0.2) is 0 Å². The number of rotatable bonds is 7. The summed E-state index contributed by atoms with van der Waals surface area (Å²) < 4.78 is 5.45. The molecule has 1 aromatic heterocycles. The second kappa shape index (κ2) is 9.96. The Morgan fingerprint density at radius 1 is 1.31 bits per heavy atom. The molecule has 3 rings (SSSR count). The largest absolute Gasteiger partial charge is 0.378 e. The van der Waals surface area contributed by atoms with Gasteiger partial charge in [0.25, 0.3) is 5.91 Å². The lowest BCUT2D eigenvalue weighted by atomic mass is 10.0. The predicted molar refractivity (Wildman–Crippen MR) is 113 cm³/mol. The Balaban J connectivity index is 1.63. The van der Waals surface area contributed by atoms with Crippen LogP contribution in [0.4, 0.5) is 0 Å². The van der Waals surface area contributed by atoms with Crippen molar-refractivity contribution >= 4 is 23.2 Å². The number of benzene rings is 1. The minimum atomic E-state index is -0.307. The fraction of sp³-hybridized carbons (Fsp3) is 0.476. The van der Waals surface area contributed by atoms with E-state index in [1.54, 1.807) is 5.38 Å². The topological polar surface area (TPSA) is 83.6 Å². The summed E-state index contributed by atoms with van der Waals surface area (Å²) in [6, 6.07) is 9.18. The van der Waals surface area contributed by atoms with Gasteiger partial charge in [0, 0.05) is 18.5 Å². The molecule has 0 unspecified atom stereocenters. The molecular formula is C21H28N4O3S. The van der Waals surface area contributed by atoms with Crippen LogP contribution in [0, 0.1) is 5.92 Å². The lowest BCUT2D eigenvalue weighted by Crippen LogP contribution is -2.53. The fourth-order valence-corrected chi connectivity index (χ4v) is 4.15. The fourth-order valence-electron chi connectivity index (χ4n) is 3.13. The Hall–Kier alpha value is -2.29. The van der Waals surface area contributed by atoms with Crippen LogP contribution in [-0.2, 0) is 16.1 Å². The van der Waals surface area contributed by atoms with E-state index in [1.807, 2.05) is 56.1 Å². The number of nitrogens with one attached hydrogen (secondary N) is 2. The van der Waals surface area contributed by atoms with Crippen LogP contribution in [0.3, 0.4) is 0 Å². The van der Waals surface area contributed by atoms with E-state index in [0.29, 0.717) is 25.5 Å². The lowest BCUT2D eigenvalue weighted by molar-refractivity contribution is -0.132. The average molecular weight is 417 g/mol. The summed E-state index contributed by atoms with van der Waals surface area (Å²) in [7, 11) is 1.93. The number of morpholine rings is 1. The molecule has 0 aliphatic carbocycles. The highest BCUT2D eigenvalue weighted by Crippen LogP contribution is 2.25. The zero-order valence-corrected chi connectivity index (χ0v) is 17.9. The van der Waals surface area contributed by atoms with Gasteiger partial charge >= 0.3 is 0 Å². The molecule has 2 atom stereocenters. The van der Waals surface area contributed by atoms with Gasteiger partial charge in [-0.2, -0.15) is 0 Å². The molecule has 156 valence electrons. The number of amides is 2. The minimum Gasteiger partial charge on any atom is -0.378 e. The smallest absolute Gasteiger partial charge is 0.271 e. The van der Waals surface area contributed by atoms with Gasteiger partial charge in [-0.1, -0.05) is 44.2 Å². The van der Waals surface area contributed by atoms with E-state index in [4.69, 9.17) is 4.74 Å². The molecular weight excluding hydrogens is 388 g/mol. The van der Waals surface area contributed by atoms with Gasteiger partial charge in [-0.15, -0.1) is 11.3 Å². The quantitative estimate of drug-likeness (QED) is 0.723. The minimum absolute atomic E-state index is 0.0730. The summed E-state index contributed by atoms with van der Waals surface area (Å²) in [6.45, 7) is 6.27. The van der Waals surface area contributed by atoms with Crippen molar-refractivity contribution in [3.8, 4) is 0 Å². The lowest BCUT2D eigenvalue weighted by Gasteiger charge is -2.32. The Morgan fingerprint density at radius 3 is 2.76 bits per heavy atom. The van der Waals surface area contributed by atoms with Crippen LogP contribution in [0.5, 0.6) is 0 Å². The van der Waals surface area contributed by atoms with Gasteiger partial charge in [0.1, 0.15) is 16.7 Å². The molecule has 2 aromatic rings. The van der Waals surface area contributed by atoms with Crippen molar-refractivity contribution in [2.24, 2.45) is 5.92 Å². The van der Waals surface area contributed by atoms with Crippen molar-refractivity contribution < 1.29 is 14.3 Å². The first kappa shape index (κ1) is 21.4. The summed E-state index contributed by atoms with van der Waals surface area (Å²) in [5, 5.41) is 8.47. The van der Waals surface area contributed by atoms with Crippen molar-refractivity contribution in [3.05, 3.63) is 52.0 Å². The van der Waals surface area contributed by atoms with Gasteiger partial charge in [-0.25, -0.2) is 4.98 Å². The van der Waals surface area contributed by atoms with Crippen molar-refractivity contribution in [1.82, 2.24) is 20.5 Å². The molecule has 0 radical (unpaired) electrons. The molecule has 2 amide bonds. The highest BCUT2D eigenvalue weighted by molar-refractivity contribution is 7.09. The Kier molecular flexibility index (Phi) is 7.35. The van der Waals surface area contributed by atoms with Crippen molar-refractivity contribution in [3.63, 3.8) is 0 Å². The van der Waals surface area contributed by atoms with Gasteiger partial charge in [-0.05, 0) is 18.5 Å². The van der Waals surface area contributed by atoms with E-state index in [2.05, 4.69) is 15.6 Å². The second-order valence-electron chi connectivity index (χ2n) is 7.54. The van der Waals surface area contributed by atoms with Gasteiger partial charge < -0.3 is 15.4 Å². The third-order valence-corrected chi connectivity index (χ3v) is 5.91. The highest BCUT2D eigenvalue weighted by Gasteiger charge is 2.30. The predicted octanol–water partition coefficient (Wildman–Crippen LogP) is 2.22. The standard InChI is InChI=1S/C21H28N4O3S/c1-14(2)18(24-20(27)17-12-28-10-9-25(17)3)21-23-16(13-29-21)19(26)22-11-15-7-5-4-6-8-15/h4-8,13-14,17-18H,9-12H2,1-3H3,(H,22,26)(H,24,27)/t17-,18-/m1/s1. The molecule has 7 nitrogen and oxygen atoms in total. The molecule has 8 heteroatoms. The molecule has 1 aliphatic heterocycles. The molecule has 2 heterocycles. The number of ether oxygens (including phenoxy) is 1. The summed E-state index contributed by atoms with van der Waals surface area (Å²) in [5.74, 6) is -0.151. The van der Waals surface area contributed by atoms with Crippen LogP contribution in [0.25, 0.3) is 0 Å². The van der Waals surface area contributed by atoms with Crippen LogP contribution in [0.1, 0.15) is 40.9 Å². The zero-order chi connectivity index (χ0) is 20.8. The van der Waals surface area contributed by atoms with Crippen LogP contribution in [-0.4, -0.2) is 54.5 Å². The molecule has 1 aliphatic rings. The molecule has 29 heavy (non-hydrogen) atoms. The number of carbonyl (C=O) groups is 2. The summed E-state index contributed by atoms with van der Waals surface area (Å²) in [6.07, 6.45) is 0. The number of nitrogens with zero attached hydrogens (tertiary/aromatic N) is 2. The maximum atomic E-state index is 12.8. The maximum Gasteiger partial charge on any atom is 0.271 e.